The van der Waals surface area contributed by atoms with E-state index in [9.17, 15) is 9.59 Å². The summed E-state index contributed by atoms with van der Waals surface area (Å²) in [5.74, 6) is -0.247. The highest BCUT2D eigenvalue weighted by molar-refractivity contribution is 6.33. The van der Waals surface area contributed by atoms with Crippen LogP contribution in [0.5, 0.6) is 0 Å². The summed E-state index contributed by atoms with van der Waals surface area (Å²) in [6.07, 6.45) is 0.646. The Morgan fingerprint density at radius 1 is 1.00 bits per heavy atom. The standard InChI is InChI=1S/C25H19Cl2NO3/c1-25(2,3)23(30)22-19(13-29)18-12-17(14-8-10-15(26)11-9-14)21(28-24(18)31-22)16-6-4-5-7-20(16)27/h4-13H,1-3H3. The van der Waals surface area contributed by atoms with Gasteiger partial charge in [-0.15, -0.1) is 0 Å². The van der Waals surface area contributed by atoms with Crippen LogP contribution in [-0.2, 0) is 0 Å². The summed E-state index contributed by atoms with van der Waals surface area (Å²) in [7, 11) is 0. The minimum absolute atomic E-state index is 0.0170. The zero-order valence-corrected chi connectivity index (χ0v) is 18.7. The maximum absolute atomic E-state index is 12.9. The van der Waals surface area contributed by atoms with Crippen molar-refractivity contribution in [2.75, 3.05) is 0 Å². The average Bonchev–Trinajstić information content (AvgIpc) is 3.10. The Hall–Kier alpha value is -2.95. The van der Waals surface area contributed by atoms with E-state index in [1.165, 1.54) is 0 Å². The molecule has 2 aromatic carbocycles. The van der Waals surface area contributed by atoms with Crippen LogP contribution in [0.1, 0.15) is 41.7 Å². The molecule has 0 N–H and O–H groups in total. The van der Waals surface area contributed by atoms with Crippen molar-refractivity contribution < 1.29 is 14.0 Å². The van der Waals surface area contributed by atoms with Crippen LogP contribution in [0.3, 0.4) is 0 Å². The van der Waals surface area contributed by atoms with E-state index in [-0.39, 0.29) is 22.8 Å². The van der Waals surface area contributed by atoms with Gasteiger partial charge in [-0.1, -0.05) is 74.3 Å². The van der Waals surface area contributed by atoms with Crippen molar-refractivity contribution in [3.05, 3.63) is 76.0 Å². The fourth-order valence-electron chi connectivity index (χ4n) is 3.38. The summed E-state index contributed by atoms with van der Waals surface area (Å²) in [4.78, 5) is 29.6. The molecule has 156 valence electrons. The molecule has 2 aromatic heterocycles. The molecular formula is C25H19Cl2NO3. The largest absolute Gasteiger partial charge is 0.434 e. The maximum Gasteiger partial charge on any atom is 0.228 e. The minimum Gasteiger partial charge on any atom is -0.434 e. The monoisotopic (exact) mass is 451 g/mol. The Bertz CT molecular complexity index is 1320. The van der Waals surface area contributed by atoms with E-state index in [0.717, 1.165) is 11.1 Å². The van der Waals surface area contributed by atoms with Crippen molar-refractivity contribution in [2.24, 2.45) is 5.41 Å². The summed E-state index contributed by atoms with van der Waals surface area (Å²) in [6, 6.07) is 16.5. The van der Waals surface area contributed by atoms with Crippen LogP contribution >= 0.6 is 23.2 Å². The number of carbonyl (C=O) groups excluding carboxylic acids is 2. The van der Waals surface area contributed by atoms with E-state index in [0.29, 0.717) is 33.0 Å². The Kier molecular flexibility index (Phi) is 5.46. The molecule has 4 nitrogen and oxygen atoms in total. The molecule has 0 spiro atoms. The van der Waals surface area contributed by atoms with Gasteiger partial charge in [-0.05, 0) is 29.8 Å². The SMILES string of the molecule is CC(C)(C)C(=O)c1oc2nc(-c3ccccc3Cl)c(-c3ccc(Cl)cc3)cc2c1C=O. The van der Waals surface area contributed by atoms with Crippen LogP contribution in [0.4, 0.5) is 0 Å². The second kappa shape index (κ2) is 7.95. The van der Waals surface area contributed by atoms with Crippen LogP contribution in [0.2, 0.25) is 10.0 Å². The number of hydrogen-bond donors (Lipinski definition) is 0. The van der Waals surface area contributed by atoms with Crippen molar-refractivity contribution in [2.45, 2.75) is 20.8 Å². The van der Waals surface area contributed by atoms with Crippen molar-refractivity contribution in [3.8, 4) is 22.4 Å². The molecule has 0 aliphatic carbocycles. The first kappa shape index (κ1) is 21.3. The summed E-state index contributed by atoms with van der Waals surface area (Å²) < 4.78 is 5.83. The first-order valence-electron chi connectivity index (χ1n) is 9.69. The van der Waals surface area contributed by atoms with Crippen molar-refractivity contribution in [3.63, 3.8) is 0 Å². The fourth-order valence-corrected chi connectivity index (χ4v) is 3.73. The van der Waals surface area contributed by atoms with E-state index in [2.05, 4.69) is 0 Å². The van der Waals surface area contributed by atoms with E-state index < -0.39 is 5.41 Å². The molecule has 31 heavy (non-hydrogen) atoms. The molecule has 0 atom stereocenters. The molecule has 0 bridgehead atoms. The second-order valence-electron chi connectivity index (χ2n) is 8.27. The number of carbonyl (C=O) groups is 2. The zero-order valence-electron chi connectivity index (χ0n) is 17.2. The lowest BCUT2D eigenvalue weighted by Crippen LogP contribution is -2.20. The number of aromatic nitrogens is 1. The number of fused-ring (bicyclic) bond motifs is 1. The third-order valence-corrected chi connectivity index (χ3v) is 5.59. The summed E-state index contributed by atoms with van der Waals surface area (Å²) >= 11 is 12.5. The van der Waals surface area contributed by atoms with Crippen molar-refractivity contribution in [1.29, 1.82) is 0 Å². The van der Waals surface area contributed by atoms with Gasteiger partial charge in [0.05, 0.1) is 16.6 Å². The number of hydrogen-bond acceptors (Lipinski definition) is 4. The van der Waals surface area contributed by atoms with Gasteiger partial charge < -0.3 is 4.42 Å². The number of benzene rings is 2. The smallest absolute Gasteiger partial charge is 0.228 e. The van der Waals surface area contributed by atoms with E-state index in [1.54, 1.807) is 39.0 Å². The predicted molar refractivity (Wildman–Crippen MR) is 124 cm³/mol. The van der Waals surface area contributed by atoms with Gasteiger partial charge in [0.25, 0.3) is 0 Å². The molecule has 4 aromatic rings. The van der Waals surface area contributed by atoms with Gasteiger partial charge in [-0.3, -0.25) is 9.59 Å². The fraction of sp³-hybridized carbons (Fsp3) is 0.160. The minimum atomic E-state index is -0.712. The lowest BCUT2D eigenvalue weighted by molar-refractivity contribution is 0.0826. The van der Waals surface area contributed by atoms with Gasteiger partial charge in [-0.25, -0.2) is 4.98 Å². The van der Waals surface area contributed by atoms with Gasteiger partial charge in [0.15, 0.2) is 12.0 Å². The number of pyridine rings is 1. The highest BCUT2D eigenvalue weighted by atomic mass is 35.5. The molecule has 0 radical (unpaired) electrons. The predicted octanol–water partition coefficient (Wildman–Crippen LogP) is 7.51. The lowest BCUT2D eigenvalue weighted by Gasteiger charge is -2.14. The molecule has 0 unspecified atom stereocenters. The third kappa shape index (κ3) is 3.89. The second-order valence-corrected chi connectivity index (χ2v) is 9.11. The molecule has 0 saturated carbocycles. The molecule has 6 heteroatoms. The van der Waals surface area contributed by atoms with E-state index in [4.69, 9.17) is 32.6 Å². The van der Waals surface area contributed by atoms with Gasteiger partial charge in [-0.2, -0.15) is 0 Å². The molecular weight excluding hydrogens is 433 g/mol. The molecule has 0 aliphatic heterocycles. The first-order chi connectivity index (χ1) is 14.7. The van der Waals surface area contributed by atoms with E-state index >= 15 is 0 Å². The summed E-state index contributed by atoms with van der Waals surface area (Å²) in [5.41, 5.74) is 2.58. The highest BCUT2D eigenvalue weighted by Crippen LogP contribution is 2.39. The quantitative estimate of drug-likeness (QED) is 0.237. The topological polar surface area (TPSA) is 60.2 Å². The number of ketones is 1. The number of nitrogens with zero attached hydrogens (tertiary/aromatic N) is 1. The summed E-state index contributed by atoms with van der Waals surface area (Å²) in [6.45, 7) is 5.33. The average molecular weight is 452 g/mol. The molecule has 2 heterocycles. The van der Waals surface area contributed by atoms with E-state index in [1.807, 2.05) is 36.4 Å². The number of Topliss-reactive ketones (excluding diaryl/α,β-unsaturated/α-hetero) is 1. The van der Waals surface area contributed by atoms with Crippen molar-refractivity contribution in [1.82, 2.24) is 4.98 Å². The number of rotatable bonds is 4. The van der Waals surface area contributed by atoms with Crippen LogP contribution in [0.15, 0.2) is 59.0 Å². The van der Waals surface area contributed by atoms with Crippen LogP contribution in [0.25, 0.3) is 33.5 Å². The van der Waals surface area contributed by atoms with Gasteiger partial charge in [0, 0.05) is 26.6 Å². The van der Waals surface area contributed by atoms with Gasteiger partial charge in [0.1, 0.15) is 0 Å². The molecule has 0 amide bonds. The van der Waals surface area contributed by atoms with Gasteiger partial charge >= 0.3 is 0 Å². The van der Waals surface area contributed by atoms with Crippen LogP contribution < -0.4 is 0 Å². The zero-order chi connectivity index (χ0) is 22.3. The molecule has 0 aliphatic rings. The molecule has 4 rings (SSSR count). The Labute approximate surface area is 189 Å². The number of aldehydes is 1. The van der Waals surface area contributed by atoms with Crippen molar-refractivity contribution >= 4 is 46.4 Å². The molecule has 0 saturated heterocycles. The van der Waals surface area contributed by atoms with Gasteiger partial charge in [0.2, 0.25) is 11.5 Å². The maximum atomic E-state index is 12.9. The normalized spacial score (nSPS) is 11.6. The first-order valence-corrected chi connectivity index (χ1v) is 10.4. The van der Waals surface area contributed by atoms with Crippen LogP contribution in [-0.4, -0.2) is 17.1 Å². The lowest BCUT2D eigenvalue weighted by atomic mass is 9.88. The summed E-state index contributed by atoms with van der Waals surface area (Å²) in [5, 5.41) is 1.60. The third-order valence-electron chi connectivity index (χ3n) is 5.01. The van der Waals surface area contributed by atoms with Crippen LogP contribution in [0, 0.1) is 5.41 Å². The Morgan fingerprint density at radius 3 is 2.29 bits per heavy atom. The number of halogens is 2. The Morgan fingerprint density at radius 2 is 1.68 bits per heavy atom. The highest BCUT2D eigenvalue weighted by Gasteiger charge is 2.31. The Balaban J connectivity index is 2.07. The number of furan rings is 1. The molecule has 0 fully saturated rings.